The molecule has 21 heavy (non-hydrogen) atoms. The maximum absolute atomic E-state index is 12.5. The Bertz CT molecular complexity index is 512. The van der Waals surface area contributed by atoms with Crippen molar-refractivity contribution in [2.24, 2.45) is 5.73 Å². The van der Waals surface area contributed by atoms with Crippen LogP contribution in [0.3, 0.4) is 0 Å². The first-order chi connectivity index (χ1) is 9.97. The van der Waals surface area contributed by atoms with Gasteiger partial charge in [-0.05, 0) is 32.3 Å². The number of methoxy groups -OCH3 is 1. The molecule has 0 bridgehead atoms. The molecule has 1 amide bonds. The van der Waals surface area contributed by atoms with Crippen LogP contribution in [0.1, 0.15) is 30.3 Å². The van der Waals surface area contributed by atoms with Gasteiger partial charge in [0, 0.05) is 31.9 Å². The number of hydrogen-bond acceptors (Lipinski definition) is 4. The molecule has 1 aromatic rings. The van der Waals surface area contributed by atoms with Gasteiger partial charge in [-0.3, -0.25) is 9.48 Å². The molecule has 0 unspecified atom stereocenters. The third kappa shape index (κ3) is 3.27. The first kappa shape index (κ1) is 16.0. The summed E-state index contributed by atoms with van der Waals surface area (Å²) in [7, 11) is 1.65. The molecule has 0 radical (unpaired) electrons. The van der Waals surface area contributed by atoms with Gasteiger partial charge in [0.05, 0.1) is 11.8 Å². The molecule has 1 aromatic heterocycles. The zero-order chi connectivity index (χ0) is 15.6. The molecule has 2 N–H and O–H groups in total. The second kappa shape index (κ2) is 6.58. The number of aromatic nitrogens is 2. The highest BCUT2D eigenvalue weighted by Gasteiger charge is 2.29. The number of piperidine rings is 1. The van der Waals surface area contributed by atoms with Crippen LogP contribution < -0.4 is 5.73 Å². The molecule has 0 saturated carbocycles. The molecule has 2 heterocycles. The molecule has 0 spiro atoms. The minimum Gasteiger partial charge on any atom is -0.378 e. The fourth-order valence-electron chi connectivity index (χ4n) is 3.04. The number of ether oxygens (including phenoxy) is 1. The van der Waals surface area contributed by atoms with Crippen molar-refractivity contribution in [2.75, 3.05) is 20.2 Å². The summed E-state index contributed by atoms with van der Waals surface area (Å²) in [5.74, 6) is 0.0807. The quantitative estimate of drug-likeness (QED) is 0.884. The second-order valence-electron chi connectivity index (χ2n) is 5.73. The van der Waals surface area contributed by atoms with Crippen LogP contribution in [0.15, 0.2) is 0 Å². The topological polar surface area (TPSA) is 73.4 Å². The SMILES string of the molecule is CCc1c(C)nn(CC(=O)N2CC[C@H](N)[C@H](OC)C2)c1C. The number of rotatable bonds is 4. The summed E-state index contributed by atoms with van der Waals surface area (Å²) >= 11 is 0. The molecular weight excluding hydrogens is 268 g/mol. The van der Waals surface area contributed by atoms with Gasteiger partial charge in [-0.25, -0.2) is 0 Å². The van der Waals surface area contributed by atoms with E-state index in [1.807, 2.05) is 23.4 Å². The van der Waals surface area contributed by atoms with Gasteiger partial charge in [-0.2, -0.15) is 5.10 Å². The highest BCUT2D eigenvalue weighted by Crippen LogP contribution is 2.16. The molecule has 2 rings (SSSR count). The zero-order valence-electron chi connectivity index (χ0n) is 13.4. The zero-order valence-corrected chi connectivity index (χ0v) is 13.4. The van der Waals surface area contributed by atoms with Crippen molar-refractivity contribution in [1.29, 1.82) is 0 Å². The van der Waals surface area contributed by atoms with Gasteiger partial charge in [0.2, 0.25) is 5.91 Å². The van der Waals surface area contributed by atoms with Gasteiger partial charge in [-0.15, -0.1) is 0 Å². The minimum atomic E-state index is -0.0747. The van der Waals surface area contributed by atoms with Crippen LogP contribution in [0.5, 0.6) is 0 Å². The summed E-state index contributed by atoms with van der Waals surface area (Å²) < 4.78 is 7.17. The van der Waals surface area contributed by atoms with E-state index in [1.54, 1.807) is 7.11 Å². The van der Waals surface area contributed by atoms with E-state index in [0.717, 1.165) is 24.2 Å². The van der Waals surface area contributed by atoms with Crippen molar-refractivity contribution in [1.82, 2.24) is 14.7 Å². The fraction of sp³-hybridized carbons (Fsp3) is 0.733. The van der Waals surface area contributed by atoms with E-state index in [9.17, 15) is 4.79 Å². The number of amides is 1. The molecule has 0 aliphatic carbocycles. The predicted octanol–water partition coefficient (Wildman–Crippen LogP) is 0.637. The molecule has 118 valence electrons. The van der Waals surface area contributed by atoms with E-state index >= 15 is 0 Å². The van der Waals surface area contributed by atoms with Crippen molar-refractivity contribution >= 4 is 5.91 Å². The van der Waals surface area contributed by atoms with E-state index in [2.05, 4.69) is 12.0 Å². The van der Waals surface area contributed by atoms with Crippen LogP contribution in [-0.2, 0) is 22.5 Å². The highest BCUT2D eigenvalue weighted by atomic mass is 16.5. The van der Waals surface area contributed by atoms with Crippen LogP contribution >= 0.6 is 0 Å². The Labute approximate surface area is 126 Å². The van der Waals surface area contributed by atoms with Gasteiger partial charge >= 0.3 is 0 Å². The normalized spacial score (nSPS) is 22.6. The molecule has 2 atom stereocenters. The fourth-order valence-corrected chi connectivity index (χ4v) is 3.04. The van der Waals surface area contributed by atoms with E-state index in [0.29, 0.717) is 19.6 Å². The van der Waals surface area contributed by atoms with Gasteiger partial charge in [0.1, 0.15) is 6.54 Å². The molecule has 6 nitrogen and oxygen atoms in total. The lowest BCUT2D eigenvalue weighted by Gasteiger charge is -2.36. The Hall–Kier alpha value is -1.40. The summed E-state index contributed by atoms with van der Waals surface area (Å²) in [5, 5.41) is 4.48. The highest BCUT2D eigenvalue weighted by molar-refractivity contribution is 5.76. The lowest BCUT2D eigenvalue weighted by Crippen LogP contribution is -2.53. The summed E-state index contributed by atoms with van der Waals surface area (Å²) in [5.41, 5.74) is 9.32. The average Bonchev–Trinajstić information content (AvgIpc) is 2.73. The summed E-state index contributed by atoms with van der Waals surface area (Å²) in [6.45, 7) is 7.68. The maximum Gasteiger partial charge on any atom is 0.244 e. The van der Waals surface area contributed by atoms with E-state index in [-0.39, 0.29) is 18.1 Å². The third-order valence-corrected chi connectivity index (χ3v) is 4.44. The number of likely N-dealkylation sites (tertiary alicyclic amines) is 1. The lowest BCUT2D eigenvalue weighted by molar-refractivity contribution is -0.136. The molecular formula is C15H26N4O2. The standard InChI is InChI=1S/C15H26N4O2/c1-5-12-10(2)17-19(11(12)3)9-15(20)18-7-6-13(16)14(8-18)21-4/h13-14H,5-9,16H2,1-4H3/t13-,14+/m0/s1. The Balaban J connectivity index is 2.05. The van der Waals surface area contributed by atoms with Gasteiger partial charge in [0.25, 0.3) is 0 Å². The van der Waals surface area contributed by atoms with E-state index in [1.165, 1.54) is 5.56 Å². The largest absolute Gasteiger partial charge is 0.378 e. The number of carbonyl (C=O) groups excluding carboxylic acids is 1. The van der Waals surface area contributed by atoms with Gasteiger partial charge in [0.15, 0.2) is 0 Å². The van der Waals surface area contributed by atoms with Gasteiger partial charge in [-0.1, -0.05) is 6.92 Å². The van der Waals surface area contributed by atoms with Crippen LogP contribution in [0.25, 0.3) is 0 Å². The first-order valence-electron chi connectivity index (χ1n) is 7.56. The van der Waals surface area contributed by atoms with Crippen molar-refractivity contribution in [2.45, 2.75) is 52.3 Å². The maximum atomic E-state index is 12.5. The predicted molar refractivity (Wildman–Crippen MR) is 81.0 cm³/mol. The van der Waals surface area contributed by atoms with Crippen molar-refractivity contribution < 1.29 is 9.53 Å². The molecule has 1 saturated heterocycles. The van der Waals surface area contributed by atoms with Gasteiger partial charge < -0.3 is 15.4 Å². The Morgan fingerprint density at radius 2 is 2.19 bits per heavy atom. The Morgan fingerprint density at radius 3 is 2.76 bits per heavy atom. The average molecular weight is 294 g/mol. The summed E-state index contributed by atoms with van der Waals surface area (Å²) in [4.78, 5) is 14.3. The molecule has 1 fully saturated rings. The minimum absolute atomic E-state index is 0.0134. The Kier molecular flexibility index (Phi) is 5.00. The second-order valence-corrected chi connectivity index (χ2v) is 5.73. The number of nitrogens with zero attached hydrogens (tertiary/aromatic N) is 3. The van der Waals surface area contributed by atoms with Crippen molar-refractivity contribution in [3.63, 3.8) is 0 Å². The smallest absolute Gasteiger partial charge is 0.244 e. The van der Waals surface area contributed by atoms with E-state index in [4.69, 9.17) is 10.5 Å². The molecule has 1 aliphatic rings. The van der Waals surface area contributed by atoms with Crippen molar-refractivity contribution in [3.8, 4) is 0 Å². The van der Waals surface area contributed by atoms with Crippen LogP contribution in [-0.4, -0.2) is 52.9 Å². The van der Waals surface area contributed by atoms with Crippen LogP contribution in [0, 0.1) is 13.8 Å². The number of aryl methyl sites for hydroxylation is 1. The van der Waals surface area contributed by atoms with Crippen LogP contribution in [0.4, 0.5) is 0 Å². The van der Waals surface area contributed by atoms with E-state index < -0.39 is 0 Å². The first-order valence-corrected chi connectivity index (χ1v) is 7.56. The lowest BCUT2D eigenvalue weighted by atomic mass is 10.0. The number of nitrogens with two attached hydrogens (primary N) is 1. The molecule has 0 aromatic carbocycles. The monoisotopic (exact) mass is 294 g/mol. The number of carbonyl (C=O) groups is 1. The Morgan fingerprint density at radius 1 is 1.48 bits per heavy atom. The molecule has 6 heteroatoms. The third-order valence-electron chi connectivity index (χ3n) is 4.44. The summed E-state index contributed by atoms with van der Waals surface area (Å²) in [6, 6.07) is 0.0134. The number of hydrogen-bond donors (Lipinski definition) is 1. The summed E-state index contributed by atoms with van der Waals surface area (Å²) in [6.07, 6.45) is 1.65. The van der Waals surface area contributed by atoms with Crippen LogP contribution in [0.2, 0.25) is 0 Å². The van der Waals surface area contributed by atoms with Crippen molar-refractivity contribution in [3.05, 3.63) is 17.0 Å². The molecule has 1 aliphatic heterocycles.